The Morgan fingerprint density at radius 2 is 1.64 bits per heavy atom. The molecule has 0 saturated heterocycles. The minimum atomic E-state index is -0.349. The second kappa shape index (κ2) is 6.27. The third-order valence-corrected chi connectivity index (χ3v) is 3.62. The number of hydrogen-bond acceptors (Lipinski definition) is 2. The highest BCUT2D eigenvalue weighted by molar-refractivity contribution is 5.96. The van der Waals surface area contributed by atoms with Crippen molar-refractivity contribution in [3.8, 4) is 11.1 Å². The van der Waals surface area contributed by atoms with Crippen LogP contribution < -0.4 is 0 Å². The average molecular weight is 288 g/mol. The van der Waals surface area contributed by atoms with Crippen molar-refractivity contribution in [1.82, 2.24) is 0 Å². The molecular weight excluding hydrogens is 272 g/mol. The quantitative estimate of drug-likeness (QED) is 0.516. The minimum Gasteiger partial charge on any atom is -0.466 e. The number of hydrogen-bond donors (Lipinski definition) is 0. The Morgan fingerprint density at radius 1 is 0.909 bits per heavy atom. The molecule has 0 bridgehead atoms. The van der Waals surface area contributed by atoms with E-state index in [0.717, 1.165) is 11.1 Å². The van der Waals surface area contributed by atoms with E-state index in [4.69, 9.17) is 0 Å². The van der Waals surface area contributed by atoms with Gasteiger partial charge >= 0.3 is 5.97 Å². The number of methoxy groups -OCH3 is 1. The second-order valence-corrected chi connectivity index (χ2v) is 5.01. The summed E-state index contributed by atoms with van der Waals surface area (Å²) in [7, 11) is 1.37. The molecule has 0 atom stereocenters. The van der Waals surface area contributed by atoms with Gasteiger partial charge in [-0.25, -0.2) is 4.79 Å². The van der Waals surface area contributed by atoms with Crippen molar-refractivity contribution in [3.05, 3.63) is 78.4 Å². The van der Waals surface area contributed by atoms with Gasteiger partial charge in [-0.3, -0.25) is 0 Å². The van der Waals surface area contributed by atoms with Gasteiger partial charge in [0.1, 0.15) is 0 Å². The molecule has 0 N–H and O–H groups in total. The van der Waals surface area contributed by atoms with Gasteiger partial charge in [0.15, 0.2) is 0 Å². The first-order valence-corrected chi connectivity index (χ1v) is 7.12. The van der Waals surface area contributed by atoms with Crippen molar-refractivity contribution in [3.63, 3.8) is 0 Å². The molecule has 3 aromatic rings. The molecule has 3 rings (SSSR count). The molecule has 3 aromatic carbocycles. The second-order valence-electron chi connectivity index (χ2n) is 5.01. The summed E-state index contributed by atoms with van der Waals surface area (Å²) in [5.74, 6) is -0.349. The van der Waals surface area contributed by atoms with E-state index in [2.05, 4.69) is 53.3 Å². The molecule has 0 unspecified atom stereocenters. The van der Waals surface area contributed by atoms with E-state index >= 15 is 0 Å². The maximum absolute atomic E-state index is 11.1. The van der Waals surface area contributed by atoms with E-state index in [1.165, 1.54) is 29.5 Å². The summed E-state index contributed by atoms with van der Waals surface area (Å²) in [5.41, 5.74) is 3.34. The van der Waals surface area contributed by atoms with Crippen LogP contribution in [0.1, 0.15) is 5.56 Å². The van der Waals surface area contributed by atoms with E-state index in [0.29, 0.717) is 0 Å². The van der Waals surface area contributed by atoms with Crippen LogP contribution in [0.25, 0.3) is 28.0 Å². The molecule has 0 aliphatic carbocycles. The molecule has 0 fully saturated rings. The Kier molecular flexibility index (Phi) is 4.01. The summed E-state index contributed by atoms with van der Waals surface area (Å²) in [6.07, 6.45) is 3.17. The number of benzene rings is 3. The van der Waals surface area contributed by atoms with Gasteiger partial charge in [-0.2, -0.15) is 0 Å². The number of carbonyl (C=O) groups is 1. The fourth-order valence-corrected chi connectivity index (χ4v) is 2.48. The molecule has 2 heteroatoms. The van der Waals surface area contributed by atoms with E-state index in [-0.39, 0.29) is 5.97 Å². The van der Waals surface area contributed by atoms with Gasteiger partial charge in [0.05, 0.1) is 7.11 Å². The lowest BCUT2D eigenvalue weighted by atomic mass is 9.97. The van der Waals surface area contributed by atoms with Crippen LogP contribution in [0, 0.1) is 0 Å². The standard InChI is InChI=1S/C20H16O2/c1-22-20(21)14-11-15-9-12-17(13-10-15)19-8-4-6-16-5-2-3-7-18(16)19/h2-14H,1H3. The van der Waals surface area contributed by atoms with E-state index in [1.54, 1.807) is 6.08 Å². The van der Waals surface area contributed by atoms with Crippen LogP contribution in [-0.2, 0) is 9.53 Å². The normalized spacial score (nSPS) is 11.0. The first-order chi connectivity index (χ1) is 10.8. The molecular formula is C20H16O2. The summed E-state index contributed by atoms with van der Waals surface area (Å²) >= 11 is 0. The third kappa shape index (κ3) is 2.91. The number of carbonyl (C=O) groups excluding carboxylic acids is 1. The fourth-order valence-electron chi connectivity index (χ4n) is 2.48. The van der Waals surface area contributed by atoms with Crippen LogP contribution in [0.3, 0.4) is 0 Å². The molecule has 0 radical (unpaired) electrons. The van der Waals surface area contributed by atoms with E-state index in [9.17, 15) is 4.79 Å². The molecule has 0 aliphatic heterocycles. The highest BCUT2D eigenvalue weighted by Gasteiger charge is 2.02. The molecule has 0 aromatic heterocycles. The van der Waals surface area contributed by atoms with Crippen LogP contribution >= 0.6 is 0 Å². The largest absolute Gasteiger partial charge is 0.466 e. The predicted octanol–water partition coefficient (Wildman–Crippen LogP) is 4.69. The highest BCUT2D eigenvalue weighted by Crippen LogP contribution is 2.28. The highest BCUT2D eigenvalue weighted by atomic mass is 16.5. The molecule has 2 nitrogen and oxygen atoms in total. The lowest BCUT2D eigenvalue weighted by Crippen LogP contribution is -1.93. The molecule has 0 spiro atoms. The van der Waals surface area contributed by atoms with Gasteiger partial charge in [0.25, 0.3) is 0 Å². The minimum absolute atomic E-state index is 0.349. The van der Waals surface area contributed by atoms with Crippen LogP contribution in [0.2, 0.25) is 0 Å². The first-order valence-electron chi connectivity index (χ1n) is 7.12. The lowest BCUT2D eigenvalue weighted by molar-refractivity contribution is -0.134. The van der Waals surface area contributed by atoms with Gasteiger partial charge in [0.2, 0.25) is 0 Å². The number of ether oxygens (including phenoxy) is 1. The SMILES string of the molecule is COC(=O)C=Cc1ccc(-c2cccc3ccccc23)cc1. The average Bonchev–Trinajstić information content (AvgIpc) is 2.59. The van der Waals surface area contributed by atoms with Gasteiger partial charge < -0.3 is 4.74 Å². The molecule has 108 valence electrons. The predicted molar refractivity (Wildman–Crippen MR) is 90.4 cm³/mol. The molecule has 0 aliphatic rings. The Labute approximate surface area is 129 Å². The summed E-state index contributed by atoms with van der Waals surface area (Å²) < 4.78 is 4.59. The summed E-state index contributed by atoms with van der Waals surface area (Å²) in [5, 5.41) is 2.47. The monoisotopic (exact) mass is 288 g/mol. The first kappa shape index (κ1) is 14.1. The maximum atomic E-state index is 11.1. The zero-order valence-electron chi connectivity index (χ0n) is 12.3. The number of rotatable bonds is 3. The smallest absolute Gasteiger partial charge is 0.330 e. The lowest BCUT2D eigenvalue weighted by Gasteiger charge is -2.07. The summed E-state index contributed by atoms with van der Waals surface area (Å²) in [4.78, 5) is 11.1. The van der Waals surface area contributed by atoms with Crippen molar-refractivity contribution < 1.29 is 9.53 Å². The Balaban J connectivity index is 1.95. The molecule has 0 heterocycles. The van der Waals surface area contributed by atoms with E-state index < -0.39 is 0 Å². The zero-order chi connectivity index (χ0) is 15.4. The fraction of sp³-hybridized carbons (Fsp3) is 0.0500. The molecule has 22 heavy (non-hydrogen) atoms. The van der Waals surface area contributed by atoms with Crippen LogP contribution in [0.15, 0.2) is 72.8 Å². The molecule has 0 amide bonds. The van der Waals surface area contributed by atoms with Gasteiger partial charge in [-0.15, -0.1) is 0 Å². The Hall–Kier alpha value is -2.87. The third-order valence-electron chi connectivity index (χ3n) is 3.62. The van der Waals surface area contributed by atoms with Crippen molar-refractivity contribution in [2.45, 2.75) is 0 Å². The maximum Gasteiger partial charge on any atom is 0.330 e. The van der Waals surface area contributed by atoms with E-state index in [1.807, 2.05) is 18.2 Å². The van der Waals surface area contributed by atoms with Crippen molar-refractivity contribution in [2.75, 3.05) is 7.11 Å². The number of esters is 1. The Morgan fingerprint density at radius 3 is 2.41 bits per heavy atom. The van der Waals surface area contributed by atoms with Crippen LogP contribution in [-0.4, -0.2) is 13.1 Å². The van der Waals surface area contributed by atoms with Crippen LogP contribution in [0.5, 0.6) is 0 Å². The van der Waals surface area contributed by atoms with Crippen LogP contribution in [0.4, 0.5) is 0 Å². The van der Waals surface area contributed by atoms with Crippen molar-refractivity contribution in [1.29, 1.82) is 0 Å². The number of fused-ring (bicyclic) bond motifs is 1. The zero-order valence-corrected chi connectivity index (χ0v) is 12.3. The van der Waals surface area contributed by atoms with Gasteiger partial charge in [-0.1, -0.05) is 66.7 Å². The van der Waals surface area contributed by atoms with Gasteiger partial charge in [-0.05, 0) is 33.5 Å². The summed E-state index contributed by atoms with van der Waals surface area (Å²) in [6.45, 7) is 0. The Bertz CT molecular complexity index is 824. The van der Waals surface area contributed by atoms with Crippen molar-refractivity contribution in [2.24, 2.45) is 0 Å². The molecule has 0 saturated carbocycles. The summed E-state index contributed by atoms with van der Waals surface area (Å²) in [6, 6.07) is 22.8. The topological polar surface area (TPSA) is 26.3 Å². The van der Waals surface area contributed by atoms with Gasteiger partial charge in [0, 0.05) is 6.08 Å². The van der Waals surface area contributed by atoms with Crippen molar-refractivity contribution >= 4 is 22.8 Å².